The summed E-state index contributed by atoms with van der Waals surface area (Å²) in [6.45, 7) is 9.49. The van der Waals surface area contributed by atoms with Gasteiger partial charge in [0.15, 0.2) is 16.9 Å². The molecule has 2 aromatic rings. The highest BCUT2D eigenvalue weighted by Crippen LogP contribution is 2.34. The predicted molar refractivity (Wildman–Crippen MR) is 100 cm³/mol. The van der Waals surface area contributed by atoms with Gasteiger partial charge in [0.2, 0.25) is 0 Å². The summed E-state index contributed by atoms with van der Waals surface area (Å²) in [6.07, 6.45) is 2.50. The lowest BCUT2D eigenvalue weighted by molar-refractivity contribution is 0.280. The number of hydrogen-bond acceptors (Lipinski definition) is 3. The normalized spacial score (nSPS) is 13.6. The zero-order valence-corrected chi connectivity index (χ0v) is 15.2. The molecule has 132 valence electrons. The summed E-state index contributed by atoms with van der Waals surface area (Å²) in [5, 5.41) is 0. The smallest absolute Gasteiger partial charge is 0.182 e. The van der Waals surface area contributed by atoms with E-state index in [1.165, 1.54) is 12.8 Å². The molecular formula is C21H25NO3. The molecule has 0 aliphatic heterocycles. The van der Waals surface area contributed by atoms with Crippen molar-refractivity contribution in [2.45, 2.75) is 33.2 Å². The van der Waals surface area contributed by atoms with E-state index >= 15 is 0 Å². The van der Waals surface area contributed by atoms with Gasteiger partial charge in [0, 0.05) is 30.1 Å². The Hall–Kier alpha value is -2.49. The molecule has 1 saturated carbocycles. The van der Waals surface area contributed by atoms with Crippen molar-refractivity contribution in [3.05, 3.63) is 64.1 Å². The summed E-state index contributed by atoms with van der Waals surface area (Å²) in [4.78, 5) is 11.6. The Bertz CT molecular complexity index is 820. The third kappa shape index (κ3) is 4.13. The van der Waals surface area contributed by atoms with Gasteiger partial charge in [-0.1, -0.05) is 12.6 Å². The monoisotopic (exact) mass is 339 g/mol. The van der Waals surface area contributed by atoms with E-state index in [1.54, 1.807) is 19.2 Å². The number of methoxy groups -OCH3 is 1. The molecule has 4 nitrogen and oxygen atoms in total. The summed E-state index contributed by atoms with van der Waals surface area (Å²) >= 11 is 0. The highest BCUT2D eigenvalue weighted by Gasteiger charge is 2.22. The minimum Gasteiger partial charge on any atom is -0.493 e. The first-order valence-electron chi connectivity index (χ1n) is 8.65. The molecule has 1 aromatic heterocycles. The predicted octanol–water partition coefficient (Wildman–Crippen LogP) is 3.98. The van der Waals surface area contributed by atoms with Crippen LogP contribution in [0, 0.1) is 19.8 Å². The van der Waals surface area contributed by atoms with E-state index in [0.717, 1.165) is 40.6 Å². The number of allylic oxidation sites excluding steroid dienone is 1. The summed E-state index contributed by atoms with van der Waals surface area (Å²) in [7, 11) is 1.65. The van der Waals surface area contributed by atoms with Crippen LogP contribution in [0.2, 0.25) is 0 Å². The van der Waals surface area contributed by atoms with E-state index in [-0.39, 0.29) is 5.43 Å². The molecular weight excluding hydrogens is 314 g/mol. The van der Waals surface area contributed by atoms with Crippen LogP contribution < -0.4 is 14.9 Å². The molecule has 0 N–H and O–H groups in total. The van der Waals surface area contributed by atoms with E-state index < -0.39 is 0 Å². The van der Waals surface area contributed by atoms with Crippen molar-refractivity contribution in [2.75, 3.05) is 13.7 Å². The third-order valence-corrected chi connectivity index (χ3v) is 4.65. The van der Waals surface area contributed by atoms with Crippen LogP contribution in [-0.4, -0.2) is 18.3 Å². The zero-order chi connectivity index (χ0) is 18.0. The number of rotatable bonds is 7. The third-order valence-electron chi connectivity index (χ3n) is 4.65. The fraction of sp³-hybridized carbons (Fsp3) is 0.381. The van der Waals surface area contributed by atoms with Crippen molar-refractivity contribution in [3.8, 4) is 11.5 Å². The molecule has 25 heavy (non-hydrogen) atoms. The van der Waals surface area contributed by atoms with Gasteiger partial charge >= 0.3 is 0 Å². The highest BCUT2D eigenvalue weighted by molar-refractivity contribution is 5.66. The quantitative estimate of drug-likeness (QED) is 0.766. The average Bonchev–Trinajstić information content (AvgIpc) is 3.40. The second-order valence-corrected chi connectivity index (χ2v) is 6.78. The minimum absolute atomic E-state index is 0.0390. The van der Waals surface area contributed by atoms with E-state index in [2.05, 4.69) is 11.1 Å². The standard InChI is InChI=1S/C21H25NO3/c1-14(12-22-15(2)9-19(23)10-16(22)3)18-7-8-20(24-4)21(11-18)25-13-17-5-6-17/h7-11,17H,1,5-6,12-13H2,2-4H3. The number of aryl methyl sites for hydroxylation is 2. The Balaban J connectivity index is 1.81. The van der Waals surface area contributed by atoms with Crippen molar-refractivity contribution in [1.29, 1.82) is 0 Å². The maximum Gasteiger partial charge on any atom is 0.182 e. The molecule has 1 aliphatic carbocycles. The topological polar surface area (TPSA) is 40.5 Å². The number of ether oxygens (including phenoxy) is 2. The first kappa shape index (κ1) is 17.3. The molecule has 0 atom stereocenters. The lowest BCUT2D eigenvalue weighted by atomic mass is 10.1. The zero-order valence-electron chi connectivity index (χ0n) is 15.2. The second-order valence-electron chi connectivity index (χ2n) is 6.78. The van der Waals surface area contributed by atoms with Gasteiger partial charge in [-0.05, 0) is 55.9 Å². The number of hydrogen-bond donors (Lipinski definition) is 0. The highest BCUT2D eigenvalue weighted by atomic mass is 16.5. The Kier molecular flexibility index (Phi) is 4.98. The summed E-state index contributed by atoms with van der Waals surface area (Å²) in [5.74, 6) is 2.19. The van der Waals surface area contributed by atoms with Crippen LogP contribution in [0.1, 0.15) is 29.8 Å². The molecule has 0 bridgehead atoms. The molecule has 1 heterocycles. The number of benzene rings is 1. The van der Waals surface area contributed by atoms with E-state index in [0.29, 0.717) is 12.5 Å². The molecule has 1 aliphatic rings. The Morgan fingerprint density at radius 1 is 1.16 bits per heavy atom. The SMILES string of the molecule is C=C(Cn1c(C)cc(=O)cc1C)c1ccc(OC)c(OCC2CC2)c1. The van der Waals surface area contributed by atoms with Crippen molar-refractivity contribution in [2.24, 2.45) is 5.92 Å². The molecule has 4 heteroatoms. The number of aromatic nitrogens is 1. The van der Waals surface area contributed by atoms with Crippen LogP contribution in [0.25, 0.3) is 5.57 Å². The van der Waals surface area contributed by atoms with Gasteiger partial charge in [0.1, 0.15) is 0 Å². The van der Waals surface area contributed by atoms with Crippen molar-refractivity contribution in [3.63, 3.8) is 0 Å². The molecule has 1 aromatic carbocycles. The fourth-order valence-corrected chi connectivity index (χ4v) is 2.92. The van der Waals surface area contributed by atoms with Gasteiger partial charge < -0.3 is 14.0 Å². The van der Waals surface area contributed by atoms with Gasteiger partial charge in [0.25, 0.3) is 0 Å². The molecule has 3 rings (SSSR count). The lowest BCUT2D eigenvalue weighted by Crippen LogP contribution is -2.13. The van der Waals surface area contributed by atoms with E-state index in [1.807, 2.05) is 32.0 Å². The maximum absolute atomic E-state index is 11.6. The van der Waals surface area contributed by atoms with Gasteiger partial charge in [-0.2, -0.15) is 0 Å². The summed E-state index contributed by atoms with van der Waals surface area (Å²) in [5.41, 5.74) is 3.89. The van der Waals surface area contributed by atoms with Crippen molar-refractivity contribution in [1.82, 2.24) is 4.57 Å². The van der Waals surface area contributed by atoms with Gasteiger partial charge in [-0.25, -0.2) is 0 Å². The summed E-state index contributed by atoms with van der Waals surface area (Å²) < 4.78 is 13.4. The molecule has 0 saturated heterocycles. The largest absolute Gasteiger partial charge is 0.493 e. The average molecular weight is 339 g/mol. The van der Waals surface area contributed by atoms with Gasteiger partial charge in [-0.15, -0.1) is 0 Å². The number of pyridine rings is 1. The summed E-state index contributed by atoms with van der Waals surface area (Å²) in [6, 6.07) is 9.22. The fourth-order valence-electron chi connectivity index (χ4n) is 2.92. The van der Waals surface area contributed by atoms with Crippen molar-refractivity contribution < 1.29 is 9.47 Å². The minimum atomic E-state index is 0.0390. The number of nitrogens with zero attached hydrogens (tertiary/aromatic N) is 1. The first-order valence-corrected chi connectivity index (χ1v) is 8.65. The van der Waals surface area contributed by atoms with E-state index in [9.17, 15) is 4.79 Å². The van der Waals surface area contributed by atoms with Gasteiger partial charge in [-0.3, -0.25) is 4.79 Å². The lowest BCUT2D eigenvalue weighted by Gasteiger charge is -2.17. The molecule has 0 radical (unpaired) electrons. The molecule has 0 amide bonds. The van der Waals surface area contributed by atoms with Crippen LogP contribution in [0.4, 0.5) is 0 Å². The van der Waals surface area contributed by atoms with Crippen LogP contribution in [0.15, 0.2) is 41.7 Å². The Morgan fingerprint density at radius 3 is 2.44 bits per heavy atom. The first-order chi connectivity index (χ1) is 12.0. The van der Waals surface area contributed by atoms with E-state index in [4.69, 9.17) is 9.47 Å². The molecule has 0 unspecified atom stereocenters. The maximum atomic E-state index is 11.6. The Morgan fingerprint density at radius 2 is 1.84 bits per heavy atom. The van der Waals surface area contributed by atoms with Crippen LogP contribution in [-0.2, 0) is 6.54 Å². The van der Waals surface area contributed by atoms with Crippen molar-refractivity contribution >= 4 is 5.57 Å². The van der Waals surface area contributed by atoms with Gasteiger partial charge in [0.05, 0.1) is 13.7 Å². The van der Waals surface area contributed by atoms with Crippen LogP contribution >= 0.6 is 0 Å². The van der Waals surface area contributed by atoms with Crippen LogP contribution in [0.3, 0.4) is 0 Å². The van der Waals surface area contributed by atoms with Crippen LogP contribution in [0.5, 0.6) is 11.5 Å². The Labute approximate surface area is 148 Å². The second kappa shape index (κ2) is 7.18. The molecule has 1 fully saturated rings. The molecule has 0 spiro atoms.